The van der Waals surface area contributed by atoms with Crippen LogP contribution in [-0.4, -0.2) is 42.5 Å². The van der Waals surface area contributed by atoms with Crippen LogP contribution in [0.1, 0.15) is 37.0 Å². The van der Waals surface area contributed by atoms with Crippen LogP contribution in [0.4, 0.5) is 0 Å². The van der Waals surface area contributed by atoms with E-state index in [1.807, 2.05) is 75.4 Å². The average molecular weight is 489 g/mol. The Labute approximate surface area is 214 Å². The third-order valence-electron chi connectivity index (χ3n) is 6.13. The molecule has 0 saturated carbocycles. The van der Waals surface area contributed by atoms with Crippen LogP contribution >= 0.6 is 0 Å². The number of methoxy groups -OCH3 is 1. The molecule has 0 radical (unpaired) electrons. The quantitative estimate of drug-likeness (QED) is 0.392. The first-order valence-corrected chi connectivity index (χ1v) is 12.4. The summed E-state index contributed by atoms with van der Waals surface area (Å²) in [5.41, 5.74) is 3.04. The Kier molecular flexibility index (Phi) is 9.92. The SMILES string of the molecule is CC[C@@H](C)NC(=O)[C@@H](Cc1ccccc1)N(Cc1cccc(C)c1)C(=O)COc1ccc(OC)cc1. The lowest BCUT2D eigenvalue weighted by atomic mass is 10.0. The van der Waals surface area contributed by atoms with Gasteiger partial charge in [-0.05, 0) is 55.7 Å². The van der Waals surface area contributed by atoms with Gasteiger partial charge in [-0.15, -0.1) is 0 Å². The molecule has 190 valence electrons. The lowest BCUT2D eigenvalue weighted by Crippen LogP contribution is -2.53. The molecule has 0 spiro atoms. The second kappa shape index (κ2) is 13.3. The Morgan fingerprint density at radius 2 is 1.58 bits per heavy atom. The van der Waals surface area contributed by atoms with E-state index < -0.39 is 6.04 Å². The molecule has 3 aromatic rings. The number of carbonyl (C=O) groups excluding carboxylic acids is 2. The minimum atomic E-state index is -0.686. The third kappa shape index (κ3) is 7.87. The minimum Gasteiger partial charge on any atom is -0.497 e. The molecule has 0 aliphatic rings. The standard InChI is InChI=1S/C30H36N2O4/c1-5-23(3)31-30(34)28(19-24-11-7-6-8-12-24)32(20-25-13-9-10-22(2)18-25)29(33)21-36-27-16-14-26(35-4)15-17-27/h6-18,23,28H,5,19-21H2,1-4H3,(H,31,34)/t23-,28-/m1/s1. The van der Waals surface area contributed by atoms with E-state index in [9.17, 15) is 9.59 Å². The minimum absolute atomic E-state index is 0.00208. The van der Waals surface area contributed by atoms with E-state index in [1.165, 1.54) is 0 Å². The van der Waals surface area contributed by atoms with Gasteiger partial charge < -0.3 is 19.7 Å². The summed E-state index contributed by atoms with van der Waals surface area (Å²) in [5.74, 6) is 0.842. The van der Waals surface area contributed by atoms with Gasteiger partial charge in [-0.1, -0.05) is 67.1 Å². The van der Waals surface area contributed by atoms with E-state index in [2.05, 4.69) is 5.32 Å². The first kappa shape index (κ1) is 26.8. The predicted octanol–water partition coefficient (Wildman–Crippen LogP) is 4.94. The molecule has 1 N–H and O–H groups in total. The summed E-state index contributed by atoms with van der Waals surface area (Å²) >= 11 is 0. The van der Waals surface area contributed by atoms with E-state index in [0.29, 0.717) is 24.5 Å². The number of rotatable bonds is 12. The van der Waals surface area contributed by atoms with Gasteiger partial charge in [0, 0.05) is 19.0 Å². The highest BCUT2D eigenvalue weighted by Crippen LogP contribution is 2.19. The first-order chi connectivity index (χ1) is 17.4. The Bertz CT molecular complexity index is 1120. The highest BCUT2D eigenvalue weighted by atomic mass is 16.5. The Hall–Kier alpha value is -3.80. The van der Waals surface area contributed by atoms with Crippen LogP contribution in [-0.2, 0) is 22.6 Å². The van der Waals surface area contributed by atoms with Crippen molar-refractivity contribution in [1.82, 2.24) is 10.2 Å². The molecule has 3 rings (SSSR count). The van der Waals surface area contributed by atoms with Gasteiger partial charge >= 0.3 is 0 Å². The van der Waals surface area contributed by atoms with Gasteiger partial charge in [0.25, 0.3) is 5.91 Å². The van der Waals surface area contributed by atoms with Gasteiger partial charge in [-0.2, -0.15) is 0 Å². The smallest absolute Gasteiger partial charge is 0.261 e. The third-order valence-corrected chi connectivity index (χ3v) is 6.13. The Balaban J connectivity index is 1.89. The van der Waals surface area contributed by atoms with Crippen molar-refractivity contribution in [3.05, 3.63) is 95.6 Å². The zero-order valence-corrected chi connectivity index (χ0v) is 21.6. The maximum atomic E-state index is 13.6. The zero-order chi connectivity index (χ0) is 25.9. The van der Waals surface area contributed by atoms with Crippen LogP contribution < -0.4 is 14.8 Å². The van der Waals surface area contributed by atoms with E-state index in [1.54, 1.807) is 36.3 Å². The van der Waals surface area contributed by atoms with Crippen molar-refractivity contribution in [2.75, 3.05) is 13.7 Å². The molecule has 0 aliphatic heterocycles. The fraction of sp³-hybridized carbons (Fsp3) is 0.333. The summed E-state index contributed by atoms with van der Waals surface area (Å²) in [6.07, 6.45) is 1.21. The maximum Gasteiger partial charge on any atom is 0.261 e. The highest BCUT2D eigenvalue weighted by Gasteiger charge is 2.31. The highest BCUT2D eigenvalue weighted by molar-refractivity contribution is 5.88. The van der Waals surface area contributed by atoms with Crippen molar-refractivity contribution in [2.24, 2.45) is 0 Å². The number of nitrogens with one attached hydrogen (secondary N) is 1. The molecular formula is C30H36N2O4. The molecule has 36 heavy (non-hydrogen) atoms. The Morgan fingerprint density at radius 3 is 2.22 bits per heavy atom. The molecule has 0 saturated heterocycles. The molecule has 2 atom stereocenters. The number of hydrogen-bond acceptors (Lipinski definition) is 4. The van der Waals surface area contributed by atoms with Crippen molar-refractivity contribution in [3.8, 4) is 11.5 Å². The molecule has 0 aliphatic carbocycles. The normalized spacial score (nSPS) is 12.3. The van der Waals surface area contributed by atoms with E-state index >= 15 is 0 Å². The van der Waals surface area contributed by atoms with Crippen molar-refractivity contribution < 1.29 is 19.1 Å². The molecule has 3 aromatic carbocycles. The molecule has 0 aromatic heterocycles. The second-order valence-corrected chi connectivity index (χ2v) is 9.00. The molecule has 0 unspecified atom stereocenters. The lowest BCUT2D eigenvalue weighted by molar-refractivity contribution is -0.143. The maximum absolute atomic E-state index is 13.6. The largest absolute Gasteiger partial charge is 0.497 e. The molecule has 0 heterocycles. The first-order valence-electron chi connectivity index (χ1n) is 12.4. The fourth-order valence-electron chi connectivity index (χ4n) is 3.90. The van der Waals surface area contributed by atoms with Crippen molar-refractivity contribution >= 4 is 11.8 Å². The van der Waals surface area contributed by atoms with Crippen LogP contribution in [0.3, 0.4) is 0 Å². The number of amides is 2. The summed E-state index contributed by atoms with van der Waals surface area (Å²) in [4.78, 5) is 28.8. The topological polar surface area (TPSA) is 67.9 Å². The van der Waals surface area contributed by atoms with Gasteiger partial charge in [-0.25, -0.2) is 0 Å². The molecule has 6 heteroatoms. The van der Waals surface area contributed by atoms with E-state index in [-0.39, 0.29) is 24.5 Å². The van der Waals surface area contributed by atoms with Crippen LogP contribution in [0.15, 0.2) is 78.9 Å². The van der Waals surface area contributed by atoms with E-state index in [0.717, 1.165) is 23.1 Å². The number of carbonyl (C=O) groups is 2. The number of aryl methyl sites for hydroxylation is 1. The molecule has 2 amide bonds. The molecule has 0 bridgehead atoms. The lowest BCUT2D eigenvalue weighted by Gasteiger charge is -2.32. The van der Waals surface area contributed by atoms with Crippen molar-refractivity contribution in [2.45, 2.75) is 52.2 Å². The van der Waals surface area contributed by atoms with Crippen LogP contribution in [0.5, 0.6) is 11.5 Å². The monoisotopic (exact) mass is 488 g/mol. The van der Waals surface area contributed by atoms with Gasteiger partial charge in [0.05, 0.1) is 7.11 Å². The Morgan fingerprint density at radius 1 is 0.917 bits per heavy atom. The summed E-state index contributed by atoms with van der Waals surface area (Å²) in [5, 5.41) is 3.08. The van der Waals surface area contributed by atoms with Crippen molar-refractivity contribution in [3.63, 3.8) is 0 Å². The van der Waals surface area contributed by atoms with Crippen LogP contribution in [0.25, 0.3) is 0 Å². The van der Waals surface area contributed by atoms with Crippen LogP contribution in [0.2, 0.25) is 0 Å². The zero-order valence-electron chi connectivity index (χ0n) is 21.6. The van der Waals surface area contributed by atoms with Gasteiger partial charge in [0.2, 0.25) is 5.91 Å². The number of ether oxygens (including phenoxy) is 2. The number of benzene rings is 3. The summed E-state index contributed by atoms with van der Waals surface area (Å²) in [6.45, 7) is 6.13. The predicted molar refractivity (Wildman–Crippen MR) is 142 cm³/mol. The number of hydrogen-bond donors (Lipinski definition) is 1. The average Bonchev–Trinajstić information content (AvgIpc) is 2.90. The van der Waals surface area contributed by atoms with Crippen LogP contribution in [0, 0.1) is 6.92 Å². The number of nitrogens with zero attached hydrogens (tertiary/aromatic N) is 1. The summed E-state index contributed by atoms with van der Waals surface area (Å²) in [7, 11) is 1.60. The van der Waals surface area contributed by atoms with E-state index in [4.69, 9.17) is 9.47 Å². The van der Waals surface area contributed by atoms with Gasteiger partial charge in [-0.3, -0.25) is 9.59 Å². The van der Waals surface area contributed by atoms with Gasteiger partial charge in [0.1, 0.15) is 17.5 Å². The summed E-state index contributed by atoms with van der Waals surface area (Å²) in [6, 6.07) is 24.2. The molecule has 0 fully saturated rings. The van der Waals surface area contributed by atoms with Gasteiger partial charge in [0.15, 0.2) is 6.61 Å². The van der Waals surface area contributed by atoms with Crippen molar-refractivity contribution in [1.29, 1.82) is 0 Å². The summed E-state index contributed by atoms with van der Waals surface area (Å²) < 4.78 is 11.0. The second-order valence-electron chi connectivity index (χ2n) is 9.00. The molecule has 6 nitrogen and oxygen atoms in total. The molecular weight excluding hydrogens is 452 g/mol. The fourth-order valence-corrected chi connectivity index (χ4v) is 3.90.